The number of amides is 2. The van der Waals surface area contributed by atoms with E-state index in [-0.39, 0.29) is 23.3 Å². The van der Waals surface area contributed by atoms with Crippen LogP contribution in [-0.4, -0.2) is 44.3 Å². The molecule has 0 radical (unpaired) electrons. The number of hydrogen-bond donors (Lipinski definition) is 1. The third kappa shape index (κ3) is 7.70. The Bertz CT molecular complexity index is 1390. The fraction of sp³-hybridized carbons (Fsp3) is 0.333. The summed E-state index contributed by atoms with van der Waals surface area (Å²) in [6.45, 7) is 9.55. The molecule has 1 atom stereocenters. The third-order valence-electron chi connectivity index (χ3n) is 6.57. The van der Waals surface area contributed by atoms with Crippen LogP contribution in [-0.2, 0) is 26.2 Å². The molecular formula is C30H36BrN3O4S. The predicted octanol–water partition coefficient (Wildman–Crippen LogP) is 5.45. The Morgan fingerprint density at radius 1 is 0.897 bits per heavy atom. The molecule has 0 aliphatic heterocycles. The summed E-state index contributed by atoms with van der Waals surface area (Å²) in [5.41, 5.74) is 2.90. The van der Waals surface area contributed by atoms with E-state index >= 15 is 0 Å². The largest absolute Gasteiger partial charge is 0.354 e. The van der Waals surface area contributed by atoms with Gasteiger partial charge in [0.05, 0.1) is 10.6 Å². The normalized spacial score (nSPS) is 12.2. The molecule has 7 nitrogen and oxygen atoms in total. The van der Waals surface area contributed by atoms with E-state index in [4.69, 9.17) is 0 Å². The first-order valence-corrected chi connectivity index (χ1v) is 15.1. The maximum Gasteiger partial charge on any atom is 0.264 e. The molecule has 9 heteroatoms. The van der Waals surface area contributed by atoms with Gasteiger partial charge in [-0.25, -0.2) is 8.42 Å². The van der Waals surface area contributed by atoms with Crippen molar-refractivity contribution in [3.63, 3.8) is 0 Å². The molecule has 0 bridgehead atoms. The van der Waals surface area contributed by atoms with E-state index in [9.17, 15) is 18.0 Å². The molecule has 1 N–H and O–H groups in total. The van der Waals surface area contributed by atoms with Gasteiger partial charge in [0, 0.05) is 17.6 Å². The Morgan fingerprint density at radius 2 is 1.54 bits per heavy atom. The molecule has 0 saturated heterocycles. The average Bonchev–Trinajstić information content (AvgIpc) is 2.91. The summed E-state index contributed by atoms with van der Waals surface area (Å²) in [5.74, 6) is -0.531. The molecule has 0 fully saturated rings. The summed E-state index contributed by atoms with van der Waals surface area (Å²) in [6.07, 6.45) is 0. The van der Waals surface area contributed by atoms with Gasteiger partial charge in [0.25, 0.3) is 10.0 Å². The van der Waals surface area contributed by atoms with Crippen molar-refractivity contribution in [3.8, 4) is 0 Å². The number of nitrogens with one attached hydrogen (secondary N) is 1. The number of carbonyl (C=O) groups is 2. The SMILES string of the molecule is Cc1cccc(N(CC(=O)N(Cc2ccc(Br)cc2)[C@@H](C)C(=O)NCC(C)C)S(=O)(=O)c2ccccc2)c1C. The Balaban J connectivity index is 2.04. The smallest absolute Gasteiger partial charge is 0.264 e. The second kappa shape index (κ2) is 13.3. The summed E-state index contributed by atoms with van der Waals surface area (Å²) in [7, 11) is -4.09. The highest BCUT2D eigenvalue weighted by atomic mass is 79.9. The first kappa shape index (κ1) is 30.4. The topological polar surface area (TPSA) is 86.8 Å². The molecule has 0 spiro atoms. The summed E-state index contributed by atoms with van der Waals surface area (Å²) in [5, 5.41) is 2.90. The Morgan fingerprint density at radius 3 is 2.15 bits per heavy atom. The van der Waals surface area contributed by atoms with Crippen LogP contribution in [0.3, 0.4) is 0 Å². The minimum absolute atomic E-state index is 0.0842. The average molecular weight is 615 g/mol. The minimum Gasteiger partial charge on any atom is -0.354 e. The molecule has 0 heterocycles. The Hall–Kier alpha value is -3.17. The number of carbonyl (C=O) groups excluding carboxylic acids is 2. The van der Waals surface area contributed by atoms with Crippen LogP contribution < -0.4 is 9.62 Å². The zero-order chi connectivity index (χ0) is 28.7. The van der Waals surface area contributed by atoms with Crippen molar-refractivity contribution in [2.45, 2.75) is 52.1 Å². The van der Waals surface area contributed by atoms with Crippen molar-refractivity contribution in [2.75, 3.05) is 17.4 Å². The fourth-order valence-electron chi connectivity index (χ4n) is 4.06. The highest BCUT2D eigenvalue weighted by molar-refractivity contribution is 9.10. The van der Waals surface area contributed by atoms with Gasteiger partial charge in [0.1, 0.15) is 12.6 Å². The van der Waals surface area contributed by atoms with Gasteiger partial charge in [-0.3, -0.25) is 13.9 Å². The summed E-state index contributed by atoms with van der Waals surface area (Å²) in [4.78, 5) is 28.6. The van der Waals surface area contributed by atoms with Crippen LogP contribution >= 0.6 is 15.9 Å². The zero-order valence-electron chi connectivity index (χ0n) is 23.0. The van der Waals surface area contributed by atoms with Gasteiger partial charge in [0.15, 0.2) is 0 Å². The van der Waals surface area contributed by atoms with Gasteiger partial charge in [-0.05, 0) is 73.7 Å². The van der Waals surface area contributed by atoms with Gasteiger partial charge in [0.2, 0.25) is 11.8 Å². The highest BCUT2D eigenvalue weighted by Crippen LogP contribution is 2.29. The van der Waals surface area contributed by atoms with E-state index in [1.54, 1.807) is 37.3 Å². The van der Waals surface area contributed by atoms with Gasteiger partial charge in [-0.15, -0.1) is 0 Å². The van der Waals surface area contributed by atoms with Crippen molar-refractivity contribution >= 4 is 43.5 Å². The van der Waals surface area contributed by atoms with Gasteiger partial charge in [-0.1, -0.05) is 72.2 Å². The molecule has 2 amide bonds. The molecule has 3 aromatic rings. The van der Waals surface area contributed by atoms with E-state index in [1.807, 2.05) is 58.0 Å². The molecule has 39 heavy (non-hydrogen) atoms. The number of rotatable bonds is 11. The third-order valence-corrected chi connectivity index (χ3v) is 8.88. The minimum atomic E-state index is -4.09. The van der Waals surface area contributed by atoms with Crippen molar-refractivity contribution in [2.24, 2.45) is 5.92 Å². The van der Waals surface area contributed by atoms with Crippen molar-refractivity contribution in [1.82, 2.24) is 10.2 Å². The monoisotopic (exact) mass is 613 g/mol. The number of benzene rings is 3. The second-order valence-corrected chi connectivity index (χ2v) is 12.8. The van der Waals surface area contributed by atoms with Crippen LogP contribution in [0.15, 0.2) is 82.2 Å². The van der Waals surface area contributed by atoms with Crippen molar-refractivity contribution in [3.05, 3.63) is 94.0 Å². The van der Waals surface area contributed by atoms with Crippen LogP contribution in [0.4, 0.5) is 5.69 Å². The first-order chi connectivity index (χ1) is 18.4. The number of hydrogen-bond acceptors (Lipinski definition) is 4. The molecular weight excluding hydrogens is 578 g/mol. The van der Waals surface area contributed by atoms with E-state index in [2.05, 4.69) is 21.2 Å². The molecule has 0 aliphatic carbocycles. The van der Waals surface area contributed by atoms with Gasteiger partial charge >= 0.3 is 0 Å². The number of halogens is 1. The quantitative estimate of drug-likeness (QED) is 0.311. The maximum absolute atomic E-state index is 14.0. The molecule has 0 aliphatic rings. The maximum atomic E-state index is 14.0. The van der Waals surface area contributed by atoms with Crippen LogP contribution in [0.5, 0.6) is 0 Å². The van der Waals surface area contributed by atoms with Crippen LogP contribution in [0.2, 0.25) is 0 Å². The van der Waals surface area contributed by atoms with Crippen molar-refractivity contribution in [1.29, 1.82) is 0 Å². The van der Waals surface area contributed by atoms with Crippen LogP contribution in [0, 0.1) is 19.8 Å². The number of aryl methyl sites for hydroxylation is 1. The lowest BCUT2D eigenvalue weighted by atomic mass is 10.1. The van der Waals surface area contributed by atoms with Crippen molar-refractivity contribution < 1.29 is 18.0 Å². The van der Waals surface area contributed by atoms with E-state index in [0.29, 0.717) is 12.2 Å². The van der Waals surface area contributed by atoms with Crippen LogP contribution in [0.25, 0.3) is 0 Å². The molecule has 208 valence electrons. The molecule has 0 aromatic heterocycles. The Labute approximate surface area is 240 Å². The number of anilines is 1. The first-order valence-electron chi connectivity index (χ1n) is 12.9. The zero-order valence-corrected chi connectivity index (χ0v) is 25.4. The summed E-state index contributed by atoms with van der Waals surface area (Å²) in [6, 6.07) is 20.1. The lowest BCUT2D eigenvalue weighted by Crippen LogP contribution is -2.51. The predicted molar refractivity (Wildman–Crippen MR) is 159 cm³/mol. The molecule has 3 rings (SSSR count). The lowest BCUT2D eigenvalue weighted by molar-refractivity contribution is -0.139. The highest BCUT2D eigenvalue weighted by Gasteiger charge is 2.33. The number of nitrogens with zero attached hydrogens (tertiary/aromatic N) is 2. The molecule has 0 saturated carbocycles. The fourth-order valence-corrected chi connectivity index (χ4v) is 5.82. The van der Waals surface area contributed by atoms with Gasteiger partial charge in [-0.2, -0.15) is 0 Å². The van der Waals surface area contributed by atoms with Gasteiger partial charge < -0.3 is 10.2 Å². The van der Waals surface area contributed by atoms with E-state index in [1.165, 1.54) is 17.0 Å². The second-order valence-electron chi connectivity index (χ2n) is 10.0. The molecule has 3 aromatic carbocycles. The molecule has 0 unspecified atom stereocenters. The standard InChI is InChI=1S/C30H36BrN3O4S/c1-21(2)18-32-30(36)24(5)33(19-25-14-16-26(31)17-15-25)29(35)20-34(28-13-9-10-22(3)23(28)4)39(37,38)27-11-7-6-8-12-27/h6-17,21,24H,18-20H2,1-5H3,(H,32,36)/t24-/m0/s1. The van der Waals surface area contributed by atoms with Crippen LogP contribution in [0.1, 0.15) is 37.5 Å². The summed E-state index contributed by atoms with van der Waals surface area (Å²) >= 11 is 3.42. The van der Waals surface area contributed by atoms with E-state index < -0.39 is 28.5 Å². The van der Waals surface area contributed by atoms with E-state index in [0.717, 1.165) is 25.5 Å². The number of sulfonamides is 1. The lowest BCUT2D eigenvalue weighted by Gasteiger charge is -2.32. The Kier molecular flexibility index (Phi) is 10.3. The summed E-state index contributed by atoms with van der Waals surface area (Å²) < 4.78 is 29.8.